The second-order valence-electron chi connectivity index (χ2n) is 7.50. The van der Waals surface area contributed by atoms with Gasteiger partial charge in [-0.2, -0.15) is 0 Å². The Balaban J connectivity index is 1.72. The second-order valence-corrected chi connectivity index (χ2v) is 8.77. The Labute approximate surface area is 202 Å². The molecule has 3 heterocycles. The average molecular weight is 495 g/mol. The molecule has 5 aromatic rings. The molecule has 2 N–H and O–H groups in total. The fourth-order valence-electron chi connectivity index (χ4n) is 3.63. The van der Waals surface area contributed by atoms with Crippen molar-refractivity contribution in [3.63, 3.8) is 0 Å². The maximum Gasteiger partial charge on any atom is 0.242 e. The van der Waals surface area contributed by atoms with Crippen LogP contribution in [0.25, 0.3) is 27.6 Å². The quantitative estimate of drug-likeness (QED) is 0.268. The molecule has 0 atom stereocenters. The molecular formula is C25H16ClFN2O4S. The van der Waals surface area contributed by atoms with Crippen molar-refractivity contribution in [2.45, 2.75) is 6.92 Å². The van der Waals surface area contributed by atoms with Crippen LogP contribution >= 0.6 is 22.9 Å². The number of nitrogens with zero attached hydrogens (tertiary/aromatic N) is 2. The van der Waals surface area contributed by atoms with E-state index in [2.05, 4.69) is 4.98 Å². The van der Waals surface area contributed by atoms with E-state index in [1.165, 1.54) is 46.2 Å². The lowest BCUT2D eigenvalue weighted by Crippen LogP contribution is -2.04. The number of hydrogen-bond donors (Lipinski definition) is 2. The minimum Gasteiger partial charge on any atom is -0.503 e. The van der Waals surface area contributed by atoms with Gasteiger partial charge in [-0.05, 0) is 61.0 Å². The van der Waals surface area contributed by atoms with Crippen molar-refractivity contribution < 1.29 is 23.8 Å². The van der Waals surface area contributed by atoms with Crippen LogP contribution in [-0.4, -0.2) is 25.5 Å². The first-order valence-electron chi connectivity index (χ1n) is 10.1. The number of carbonyl (C=O) groups excluding carboxylic acids is 1. The van der Waals surface area contributed by atoms with Gasteiger partial charge in [0.1, 0.15) is 11.6 Å². The zero-order valence-corrected chi connectivity index (χ0v) is 19.2. The number of ketones is 1. The molecule has 0 radical (unpaired) electrons. The van der Waals surface area contributed by atoms with E-state index < -0.39 is 23.2 Å². The summed E-state index contributed by atoms with van der Waals surface area (Å²) in [6.45, 7) is 1.69. The third kappa shape index (κ3) is 3.76. The van der Waals surface area contributed by atoms with Crippen molar-refractivity contribution >= 4 is 28.7 Å². The molecule has 0 spiro atoms. The Bertz CT molecular complexity index is 1520. The molecular weight excluding hydrogens is 479 g/mol. The smallest absolute Gasteiger partial charge is 0.242 e. The highest BCUT2D eigenvalue weighted by molar-refractivity contribution is 7.12. The molecule has 0 unspecified atom stereocenters. The summed E-state index contributed by atoms with van der Waals surface area (Å²) in [5, 5.41) is 24.4. The van der Waals surface area contributed by atoms with E-state index >= 15 is 0 Å². The summed E-state index contributed by atoms with van der Waals surface area (Å²) in [6, 6.07) is 15.6. The molecule has 170 valence electrons. The third-order valence-electron chi connectivity index (χ3n) is 5.25. The van der Waals surface area contributed by atoms with Gasteiger partial charge < -0.3 is 14.6 Å². The number of furan rings is 1. The number of benzene rings is 2. The fourth-order valence-corrected chi connectivity index (χ4v) is 4.60. The van der Waals surface area contributed by atoms with Gasteiger partial charge in [0.2, 0.25) is 11.7 Å². The topological polar surface area (TPSA) is 88.5 Å². The van der Waals surface area contributed by atoms with Gasteiger partial charge in [-0.3, -0.25) is 9.36 Å². The van der Waals surface area contributed by atoms with E-state index in [-0.39, 0.29) is 17.0 Å². The molecule has 0 saturated heterocycles. The zero-order chi connectivity index (χ0) is 24.0. The van der Waals surface area contributed by atoms with E-state index in [0.29, 0.717) is 27.2 Å². The summed E-state index contributed by atoms with van der Waals surface area (Å²) in [5.41, 5.74) is 1.79. The number of halogens is 2. The first-order valence-corrected chi connectivity index (χ1v) is 11.3. The highest BCUT2D eigenvalue weighted by Crippen LogP contribution is 2.45. The molecule has 6 nitrogen and oxygen atoms in total. The van der Waals surface area contributed by atoms with E-state index in [1.807, 2.05) is 12.1 Å². The summed E-state index contributed by atoms with van der Waals surface area (Å²) < 4.78 is 20.4. The Morgan fingerprint density at radius 3 is 2.35 bits per heavy atom. The highest BCUT2D eigenvalue weighted by atomic mass is 35.5. The van der Waals surface area contributed by atoms with Gasteiger partial charge in [-0.15, -0.1) is 11.3 Å². The molecule has 5 rings (SSSR count). The summed E-state index contributed by atoms with van der Waals surface area (Å²) in [7, 11) is 0. The fraction of sp³-hybridized carbons (Fsp3) is 0.0400. The van der Waals surface area contributed by atoms with Gasteiger partial charge in [0.05, 0.1) is 17.0 Å². The predicted octanol–water partition coefficient (Wildman–Crippen LogP) is 6.60. The van der Waals surface area contributed by atoms with Gasteiger partial charge in [-0.25, -0.2) is 9.37 Å². The molecule has 0 aliphatic heterocycles. The van der Waals surface area contributed by atoms with Gasteiger partial charge >= 0.3 is 0 Å². The SMILES string of the molecule is Cc1ccc(C(=O)c2c(O)c(O)n(-c3nc(-c4ccc(Cl)cc4)cs3)c2-c2ccc(F)cc2)o1. The minimum absolute atomic E-state index is 0.00527. The average Bonchev–Trinajstić information content (AvgIpc) is 3.54. The van der Waals surface area contributed by atoms with Crippen LogP contribution in [0.15, 0.2) is 70.5 Å². The molecule has 0 fully saturated rings. The van der Waals surface area contributed by atoms with Gasteiger partial charge in [0.15, 0.2) is 16.6 Å². The molecule has 34 heavy (non-hydrogen) atoms. The largest absolute Gasteiger partial charge is 0.503 e. The number of carbonyl (C=O) groups is 1. The number of thiazole rings is 1. The standard InChI is InChI=1S/C25H16ClFN2O4S/c1-13-2-11-19(33-13)22(30)20-21(15-5-9-17(27)10-6-15)29(24(32)23(20)31)25-28-18(12-34-25)14-3-7-16(26)8-4-14/h2-12,31-32H,1H3. The summed E-state index contributed by atoms with van der Waals surface area (Å²) >= 11 is 7.17. The molecule has 2 aromatic carbocycles. The van der Waals surface area contributed by atoms with Gasteiger partial charge in [0.25, 0.3) is 0 Å². The normalized spacial score (nSPS) is 11.1. The van der Waals surface area contributed by atoms with E-state index in [1.54, 1.807) is 30.5 Å². The van der Waals surface area contributed by atoms with E-state index in [0.717, 1.165) is 5.56 Å². The Hall–Kier alpha value is -3.88. The van der Waals surface area contributed by atoms with Crippen molar-refractivity contribution in [1.29, 1.82) is 0 Å². The van der Waals surface area contributed by atoms with E-state index in [4.69, 9.17) is 16.0 Å². The van der Waals surface area contributed by atoms with Crippen molar-refractivity contribution in [3.05, 3.63) is 94.0 Å². The van der Waals surface area contributed by atoms with Crippen LogP contribution in [0.3, 0.4) is 0 Å². The molecule has 3 aromatic heterocycles. The monoisotopic (exact) mass is 494 g/mol. The number of aryl methyl sites for hydroxylation is 1. The molecule has 9 heteroatoms. The maximum atomic E-state index is 13.6. The van der Waals surface area contributed by atoms with Crippen molar-refractivity contribution in [1.82, 2.24) is 9.55 Å². The third-order valence-corrected chi connectivity index (χ3v) is 6.33. The van der Waals surface area contributed by atoms with Crippen molar-refractivity contribution in [2.75, 3.05) is 0 Å². The van der Waals surface area contributed by atoms with Gasteiger partial charge in [0, 0.05) is 16.0 Å². The van der Waals surface area contributed by atoms with Crippen LogP contribution in [0.4, 0.5) is 4.39 Å². The van der Waals surface area contributed by atoms with Gasteiger partial charge in [-0.1, -0.05) is 23.7 Å². The van der Waals surface area contributed by atoms with Crippen molar-refractivity contribution in [3.8, 4) is 39.3 Å². The number of rotatable bonds is 5. The number of aromatic nitrogens is 2. The lowest BCUT2D eigenvalue weighted by Gasteiger charge is -2.09. The Morgan fingerprint density at radius 2 is 1.71 bits per heavy atom. The van der Waals surface area contributed by atoms with E-state index in [9.17, 15) is 19.4 Å². The molecule has 0 bridgehead atoms. The Kier molecular flexibility index (Phi) is 5.47. The second kappa shape index (κ2) is 8.48. The zero-order valence-electron chi connectivity index (χ0n) is 17.6. The summed E-state index contributed by atoms with van der Waals surface area (Å²) in [4.78, 5) is 17.9. The van der Waals surface area contributed by atoms with Crippen LogP contribution in [0.2, 0.25) is 5.02 Å². The highest BCUT2D eigenvalue weighted by Gasteiger charge is 2.32. The maximum absolute atomic E-state index is 13.6. The summed E-state index contributed by atoms with van der Waals surface area (Å²) in [6.07, 6.45) is 0. The molecule has 0 aliphatic carbocycles. The predicted molar refractivity (Wildman–Crippen MR) is 127 cm³/mol. The lowest BCUT2D eigenvalue weighted by molar-refractivity contribution is 0.101. The van der Waals surface area contributed by atoms with Crippen LogP contribution in [-0.2, 0) is 0 Å². The number of hydrogen-bond acceptors (Lipinski definition) is 6. The van der Waals surface area contributed by atoms with Crippen LogP contribution in [0, 0.1) is 12.7 Å². The van der Waals surface area contributed by atoms with Crippen LogP contribution < -0.4 is 0 Å². The minimum atomic E-state index is -0.631. The van der Waals surface area contributed by atoms with Crippen molar-refractivity contribution in [2.24, 2.45) is 0 Å². The lowest BCUT2D eigenvalue weighted by atomic mass is 10.0. The van der Waals surface area contributed by atoms with Crippen LogP contribution in [0.1, 0.15) is 21.9 Å². The molecule has 0 amide bonds. The first kappa shape index (κ1) is 21.9. The Morgan fingerprint density at radius 1 is 1.03 bits per heavy atom. The molecule has 0 aliphatic rings. The first-order chi connectivity index (χ1) is 16.3. The molecule has 0 saturated carbocycles. The number of aromatic hydroxyl groups is 2. The van der Waals surface area contributed by atoms with Crippen LogP contribution in [0.5, 0.6) is 11.6 Å². The summed E-state index contributed by atoms with van der Waals surface area (Å²) in [5.74, 6) is -1.78.